The maximum Gasteiger partial charge on any atom is 0.0556 e. The van der Waals surface area contributed by atoms with E-state index in [1.165, 1.54) is 12.8 Å². The van der Waals surface area contributed by atoms with E-state index < -0.39 is 0 Å². The summed E-state index contributed by atoms with van der Waals surface area (Å²) in [6, 6.07) is 0. The Hall–Kier alpha value is -0.120. The predicted octanol–water partition coefficient (Wildman–Crippen LogP) is 0.722. The highest BCUT2D eigenvalue weighted by atomic mass is 16.3. The summed E-state index contributed by atoms with van der Waals surface area (Å²) in [7, 11) is 0. The number of nitrogens with two attached hydrogens (primary N) is 1. The Bertz CT molecular complexity index is 175. The zero-order chi connectivity index (χ0) is 10.6. The number of nitrogens with one attached hydrogen (secondary N) is 1. The van der Waals surface area contributed by atoms with Crippen molar-refractivity contribution in [3.05, 3.63) is 0 Å². The van der Waals surface area contributed by atoms with Crippen LogP contribution in [-0.4, -0.2) is 30.3 Å². The molecule has 1 rings (SSSR count). The van der Waals surface area contributed by atoms with Crippen molar-refractivity contribution >= 4 is 0 Å². The van der Waals surface area contributed by atoms with Gasteiger partial charge in [-0.2, -0.15) is 0 Å². The molecule has 3 nitrogen and oxygen atoms in total. The second-order valence-corrected chi connectivity index (χ2v) is 4.80. The first-order valence-electron chi connectivity index (χ1n) is 5.70. The second-order valence-electron chi connectivity index (χ2n) is 4.80. The van der Waals surface area contributed by atoms with Crippen LogP contribution < -0.4 is 11.1 Å². The van der Waals surface area contributed by atoms with Crippen LogP contribution in [0.5, 0.6) is 0 Å². The van der Waals surface area contributed by atoms with Crippen molar-refractivity contribution in [2.24, 2.45) is 17.6 Å². The fraction of sp³-hybridized carbons (Fsp3) is 1.00. The number of rotatable bonds is 4. The molecule has 1 aliphatic carbocycles. The first-order valence-corrected chi connectivity index (χ1v) is 5.70. The van der Waals surface area contributed by atoms with Gasteiger partial charge in [0.1, 0.15) is 0 Å². The number of aliphatic hydroxyl groups excluding tert-OH is 1. The van der Waals surface area contributed by atoms with E-state index >= 15 is 0 Å². The normalized spacial score (nSPS) is 38.6. The standard InChI is InChI=1S/C11H24N2O/c1-9-3-4-10(2)11(7-9,8-12)13-5-6-14/h9-10,13-14H,3-8,12H2,1-2H3. The predicted molar refractivity (Wildman–Crippen MR) is 59.1 cm³/mol. The van der Waals surface area contributed by atoms with Crippen molar-refractivity contribution in [3.63, 3.8) is 0 Å². The van der Waals surface area contributed by atoms with Gasteiger partial charge in [0.2, 0.25) is 0 Å². The molecular weight excluding hydrogens is 176 g/mol. The molecule has 3 atom stereocenters. The highest BCUT2D eigenvalue weighted by molar-refractivity contribution is 4.97. The maximum atomic E-state index is 8.86. The highest BCUT2D eigenvalue weighted by Gasteiger charge is 2.38. The van der Waals surface area contributed by atoms with Gasteiger partial charge in [0.05, 0.1) is 6.61 Å². The Morgan fingerprint density at radius 1 is 1.43 bits per heavy atom. The third-order valence-electron chi connectivity index (χ3n) is 3.70. The van der Waals surface area contributed by atoms with Crippen molar-refractivity contribution in [1.82, 2.24) is 5.32 Å². The first-order chi connectivity index (χ1) is 6.64. The smallest absolute Gasteiger partial charge is 0.0556 e. The molecule has 0 aliphatic heterocycles. The molecule has 0 amide bonds. The molecule has 0 radical (unpaired) electrons. The molecule has 0 aromatic carbocycles. The van der Waals surface area contributed by atoms with Crippen LogP contribution in [0.25, 0.3) is 0 Å². The lowest BCUT2D eigenvalue weighted by atomic mass is 9.69. The Balaban J connectivity index is 2.62. The van der Waals surface area contributed by atoms with Crippen LogP contribution in [0.15, 0.2) is 0 Å². The van der Waals surface area contributed by atoms with Gasteiger partial charge in [-0.05, 0) is 24.7 Å². The summed E-state index contributed by atoms with van der Waals surface area (Å²) in [6.07, 6.45) is 3.70. The average molecular weight is 200 g/mol. The molecule has 4 N–H and O–H groups in total. The van der Waals surface area contributed by atoms with Gasteiger partial charge in [-0.25, -0.2) is 0 Å². The van der Waals surface area contributed by atoms with Crippen LogP contribution >= 0.6 is 0 Å². The van der Waals surface area contributed by atoms with Gasteiger partial charge in [0.25, 0.3) is 0 Å². The van der Waals surface area contributed by atoms with Crippen molar-refractivity contribution in [1.29, 1.82) is 0 Å². The van der Waals surface area contributed by atoms with Gasteiger partial charge >= 0.3 is 0 Å². The van der Waals surface area contributed by atoms with Crippen LogP contribution in [0, 0.1) is 11.8 Å². The van der Waals surface area contributed by atoms with Gasteiger partial charge in [-0.15, -0.1) is 0 Å². The monoisotopic (exact) mass is 200 g/mol. The number of hydrogen-bond donors (Lipinski definition) is 3. The Morgan fingerprint density at radius 3 is 2.71 bits per heavy atom. The quantitative estimate of drug-likeness (QED) is 0.627. The van der Waals surface area contributed by atoms with Gasteiger partial charge < -0.3 is 16.2 Å². The molecular formula is C11H24N2O. The lowest BCUT2D eigenvalue weighted by Gasteiger charge is -2.45. The molecule has 84 valence electrons. The summed E-state index contributed by atoms with van der Waals surface area (Å²) in [4.78, 5) is 0. The third kappa shape index (κ3) is 2.47. The van der Waals surface area contributed by atoms with Crippen LogP contribution in [-0.2, 0) is 0 Å². The van der Waals surface area contributed by atoms with E-state index in [1.807, 2.05) is 0 Å². The minimum atomic E-state index is 0.0698. The van der Waals surface area contributed by atoms with Crippen molar-refractivity contribution in [2.45, 2.75) is 38.6 Å². The van der Waals surface area contributed by atoms with E-state index in [1.54, 1.807) is 0 Å². The number of β-amino-alcohol motifs (C(OH)–C–C–N with tert-alkyl or cyclic N) is 1. The molecule has 0 bridgehead atoms. The molecule has 1 fully saturated rings. The minimum absolute atomic E-state index is 0.0698. The van der Waals surface area contributed by atoms with Crippen LogP contribution in [0.2, 0.25) is 0 Å². The largest absolute Gasteiger partial charge is 0.395 e. The molecule has 3 heteroatoms. The lowest BCUT2D eigenvalue weighted by Crippen LogP contribution is -2.59. The summed E-state index contributed by atoms with van der Waals surface area (Å²) < 4.78 is 0. The Morgan fingerprint density at radius 2 is 2.14 bits per heavy atom. The molecule has 14 heavy (non-hydrogen) atoms. The molecule has 0 aromatic heterocycles. The fourth-order valence-corrected chi connectivity index (χ4v) is 2.64. The topological polar surface area (TPSA) is 58.3 Å². The Labute approximate surface area is 87.1 Å². The van der Waals surface area contributed by atoms with E-state index in [0.717, 1.165) is 12.3 Å². The van der Waals surface area contributed by atoms with Crippen molar-refractivity contribution in [3.8, 4) is 0 Å². The van der Waals surface area contributed by atoms with Crippen LogP contribution in [0.3, 0.4) is 0 Å². The van der Waals surface area contributed by atoms with E-state index in [9.17, 15) is 0 Å². The third-order valence-corrected chi connectivity index (χ3v) is 3.70. The molecule has 3 unspecified atom stereocenters. The summed E-state index contributed by atoms with van der Waals surface area (Å²) in [5.74, 6) is 1.37. The molecule has 0 spiro atoms. The summed E-state index contributed by atoms with van der Waals surface area (Å²) >= 11 is 0. The van der Waals surface area contributed by atoms with E-state index in [4.69, 9.17) is 10.8 Å². The van der Waals surface area contributed by atoms with Gasteiger partial charge in [0, 0.05) is 18.6 Å². The molecule has 0 heterocycles. The molecule has 0 saturated heterocycles. The molecule has 1 aliphatic rings. The summed E-state index contributed by atoms with van der Waals surface area (Å²) in [6.45, 7) is 6.09. The van der Waals surface area contributed by atoms with Crippen molar-refractivity contribution < 1.29 is 5.11 Å². The number of hydrogen-bond acceptors (Lipinski definition) is 3. The van der Waals surface area contributed by atoms with Gasteiger partial charge in [-0.1, -0.05) is 20.3 Å². The highest BCUT2D eigenvalue weighted by Crippen LogP contribution is 2.36. The van der Waals surface area contributed by atoms with E-state index in [2.05, 4.69) is 19.2 Å². The van der Waals surface area contributed by atoms with Crippen LogP contribution in [0.4, 0.5) is 0 Å². The van der Waals surface area contributed by atoms with E-state index in [0.29, 0.717) is 19.0 Å². The zero-order valence-corrected chi connectivity index (χ0v) is 9.42. The Kier molecular flexibility index (Phi) is 4.35. The molecule has 0 aromatic rings. The zero-order valence-electron chi connectivity index (χ0n) is 9.42. The summed E-state index contributed by atoms with van der Waals surface area (Å²) in [5, 5.41) is 12.3. The van der Waals surface area contributed by atoms with Crippen LogP contribution in [0.1, 0.15) is 33.1 Å². The first kappa shape index (κ1) is 12.0. The number of aliphatic hydroxyl groups is 1. The second kappa shape index (κ2) is 5.10. The average Bonchev–Trinajstić information content (AvgIpc) is 2.20. The summed E-state index contributed by atoms with van der Waals surface area (Å²) in [5.41, 5.74) is 5.96. The minimum Gasteiger partial charge on any atom is -0.395 e. The maximum absolute atomic E-state index is 8.86. The lowest BCUT2D eigenvalue weighted by molar-refractivity contribution is 0.118. The fourth-order valence-electron chi connectivity index (χ4n) is 2.64. The SMILES string of the molecule is CC1CCC(C)C(CN)(NCCO)C1. The van der Waals surface area contributed by atoms with Gasteiger partial charge in [-0.3, -0.25) is 0 Å². The molecule has 1 saturated carbocycles. The van der Waals surface area contributed by atoms with Gasteiger partial charge in [0.15, 0.2) is 0 Å². The van der Waals surface area contributed by atoms with E-state index in [-0.39, 0.29) is 12.1 Å². The van der Waals surface area contributed by atoms with Crippen molar-refractivity contribution in [2.75, 3.05) is 19.7 Å².